The van der Waals surface area contributed by atoms with E-state index < -0.39 is 30.8 Å². The fourth-order valence-electron chi connectivity index (χ4n) is 7.69. The molecule has 7 rings (SSSR count). The highest BCUT2D eigenvalue weighted by Crippen LogP contribution is 2.35. The number of carbonyl (C=O) groups is 5. The first kappa shape index (κ1) is 47.1. The molecule has 19 heteroatoms. The van der Waals surface area contributed by atoms with Crippen LogP contribution >= 0.6 is 0 Å². The summed E-state index contributed by atoms with van der Waals surface area (Å²) >= 11 is 0. The Morgan fingerprint density at radius 2 is 1.11 bits per heavy atom. The van der Waals surface area contributed by atoms with Gasteiger partial charge in [-0.05, 0) is 91.9 Å². The Morgan fingerprint density at radius 1 is 0.621 bits per heavy atom. The molecule has 3 aliphatic heterocycles. The first-order valence-corrected chi connectivity index (χ1v) is 22.3. The van der Waals surface area contributed by atoms with Crippen LogP contribution in [0.2, 0.25) is 0 Å². The molecule has 352 valence electrons. The van der Waals surface area contributed by atoms with E-state index in [1.165, 1.54) is 19.6 Å². The predicted octanol–water partition coefficient (Wildman–Crippen LogP) is 3.07. The van der Waals surface area contributed by atoms with Gasteiger partial charge in [0.15, 0.2) is 40.3 Å². The number of carbonyl (C=O) groups excluding carboxylic acids is 5. The van der Waals surface area contributed by atoms with Crippen LogP contribution in [0.15, 0.2) is 73.3 Å². The molecule has 0 spiro atoms. The van der Waals surface area contributed by atoms with Gasteiger partial charge >= 0.3 is 0 Å². The van der Waals surface area contributed by atoms with E-state index in [1.807, 2.05) is 17.7 Å². The van der Waals surface area contributed by atoms with Crippen molar-refractivity contribution in [3.63, 3.8) is 0 Å². The molecule has 4 heterocycles. The van der Waals surface area contributed by atoms with Gasteiger partial charge in [-0.25, -0.2) is 4.98 Å². The van der Waals surface area contributed by atoms with Gasteiger partial charge in [0.25, 0.3) is 0 Å². The van der Waals surface area contributed by atoms with Crippen LogP contribution in [0.1, 0.15) is 55.7 Å². The van der Waals surface area contributed by atoms with Crippen LogP contribution in [0.4, 0.5) is 0 Å². The third-order valence-corrected chi connectivity index (χ3v) is 11.2. The van der Waals surface area contributed by atoms with Crippen molar-refractivity contribution in [1.29, 1.82) is 0 Å². The predicted molar refractivity (Wildman–Crippen MR) is 238 cm³/mol. The smallest absolute Gasteiger partial charge is 0.242 e. The Bertz CT molecular complexity index is 2310. The number of rotatable bonds is 26. The number of Topliss-reactive ketones (excluding diaryl/α,β-unsaturated/α-hetero) is 1. The molecular weight excluding hydrogens is 853 g/mol. The van der Waals surface area contributed by atoms with Crippen molar-refractivity contribution < 1.29 is 52.4 Å². The summed E-state index contributed by atoms with van der Waals surface area (Å²) in [5.41, 5.74) is 7.67. The number of ketones is 1. The van der Waals surface area contributed by atoms with Gasteiger partial charge in [0.05, 0.1) is 26.0 Å². The number of amides is 4. The highest BCUT2D eigenvalue weighted by atomic mass is 16.7. The lowest BCUT2D eigenvalue weighted by molar-refractivity contribution is -0.147. The summed E-state index contributed by atoms with van der Waals surface area (Å²) in [5.74, 6) is 1.30. The van der Waals surface area contributed by atoms with Gasteiger partial charge in [0.2, 0.25) is 44.0 Å². The molecule has 19 nitrogen and oxygen atoms in total. The molecule has 0 saturated heterocycles. The summed E-state index contributed by atoms with van der Waals surface area (Å²) in [7, 11) is 0. The highest BCUT2D eigenvalue weighted by molar-refractivity contribution is 5.92. The number of ether oxygens (including phenoxy) is 6. The summed E-state index contributed by atoms with van der Waals surface area (Å²) in [5, 5.41) is 3.17. The molecule has 0 fully saturated rings. The zero-order valence-corrected chi connectivity index (χ0v) is 37.3. The zero-order valence-electron chi connectivity index (χ0n) is 37.3. The van der Waals surface area contributed by atoms with E-state index in [9.17, 15) is 24.0 Å². The van der Waals surface area contributed by atoms with Crippen molar-refractivity contribution in [2.75, 3.05) is 72.7 Å². The third-order valence-electron chi connectivity index (χ3n) is 11.2. The van der Waals surface area contributed by atoms with Gasteiger partial charge in [-0.2, -0.15) is 0 Å². The summed E-state index contributed by atoms with van der Waals surface area (Å²) in [4.78, 5) is 80.7. The summed E-state index contributed by atoms with van der Waals surface area (Å²) in [6, 6.07) is 15.9. The molecule has 66 heavy (non-hydrogen) atoms. The van der Waals surface area contributed by atoms with Gasteiger partial charge in [-0.1, -0.05) is 25.1 Å². The van der Waals surface area contributed by atoms with Gasteiger partial charge in [0, 0.05) is 51.5 Å². The first-order valence-electron chi connectivity index (χ1n) is 22.3. The number of hydrogen-bond donors (Lipinski definition) is 2. The van der Waals surface area contributed by atoms with Crippen LogP contribution in [0.5, 0.6) is 34.5 Å². The highest BCUT2D eigenvalue weighted by Gasteiger charge is 2.29. The number of hydrogen-bond acceptors (Lipinski definition) is 14. The Hall–Kier alpha value is -6.86. The summed E-state index contributed by atoms with van der Waals surface area (Å²) < 4.78 is 35.3. The van der Waals surface area contributed by atoms with Crippen molar-refractivity contribution in [2.45, 2.75) is 65.2 Å². The van der Waals surface area contributed by atoms with E-state index in [-0.39, 0.29) is 84.3 Å². The lowest BCUT2D eigenvalue weighted by Crippen LogP contribution is -2.50. The Kier molecular flexibility index (Phi) is 16.7. The zero-order chi connectivity index (χ0) is 46.3. The normalized spacial score (nSPS) is 12.8. The summed E-state index contributed by atoms with van der Waals surface area (Å²) in [6.07, 6.45) is 8.21. The van der Waals surface area contributed by atoms with Crippen molar-refractivity contribution in [2.24, 2.45) is 5.73 Å². The molecule has 4 aromatic rings. The van der Waals surface area contributed by atoms with Gasteiger partial charge < -0.3 is 63.6 Å². The fourth-order valence-corrected chi connectivity index (χ4v) is 7.69. The van der Waals surface area contributed by atoms with Crippen LogP contribution in [-0.4, -0.2) is 131 Å². The van der Waals surface area contributed by atoms with Gasteiger partial charge in [-0.15, -0.1) is 0 Å². The monoisotopic (exact) mass is 910 g/mol. The molecule has 3 N–H and O–H groups in total. The minimum absolute atomic E-state index is 0.0129. The molecule has 0 bridgehead atoms. The number of aryl methyl sites for hydroxylation is 1. The van der Waals surface area contributed by atoms with E-state index in [4.69, 9.17) is 34.2 Å². The quantitative estimate of drug-likeness (QED) is 0.0869. The maximum absolute atomic E-state index is 14.8. The number of benzene rings is 3. The molecule has 4 amide bonds. The topological polar surface area (TPSA) is 210 Å². The number of fused-ring (bicyclic) bond motifs is 3. The fraction of sp³-hybridized carbons (Fsp3) is 0.447. The van der Waals surface area contributed by atoms with Gasteiger partial charge in [-0.3, -0.25) is 24.0 Å². The van der Waals surface area contributed by atoms with Crippen LogP contribution < -0.4 is 39.5 Å². The van der Waals surface area contributed by atoms with Crippen molar-refractivity contribution in [3.8, 4) is 34.5 Å². The second-order valence-electron chi connectivity index (χ2n) is 16.2. The van der Waals surface area contributed by atoms with Crippen LogP contribution in [0.3, 0.4) is 0 Å². The van der Waals surface area contributed by atoms with E-state index in [0.717, 1.165) is 12.8 Å². The van der Waals surface area contributed by atoms with Crippen molar-refractivity contribution in [3.05, 3.63) is 90.0 Å². The maximum atomic E-state index is 14.8. The number of nitrogens with one attached hydrogen (secondary N) is 1. The molecule has 0 atom stereocenters. The molecule has 0 aliphatic carbocycles. The Balaban J connectivity index is 1.15. The average molecular weight is 911 g/mol. The number of nitrogens with zero attached hydrogens (tertiary/aromatic N) is 6. The maximum Gasteiger partial charge on any atom is 0.242 e. The molecule has 1 aromatic heterocycles. The third kappa shape index (κ3) is 13.1. The standard InChI is InChI=1S/C47H58N8O11/c1-2-6-37(56)26-53(23-34-7-10-38-41(19-34)64-31-61-38)46(59)28-55(25-36-9-12-40-43(21-36)66-33-63-40)47(60)29-54(24-35-8-11-39-42(20-35)65-32-62-39)45(58)27-52(17-5-16-51-18-15-50-30-51)44(57)22-49-14-4-3-13-48/h7-12,15,18-21,30,49H,2-6,13-14,16-17,22-29,31-33,48H2,1H3. The lowest BCUT2D eigenvalue weighted by atomic mass is 10.1. The Morgan fingerprint density at radius 3 is 1.58 bits per heavy atom. The Labute approximate surface area is 383 Å². The van der Waals surface area contributed by atoms with Crippen LogP contribution in [-0.2, 0) is 50.2 Å². The number of unbranched alkanes of at least 4 members (excludes halogenated alkanes) is 1. The van der Waals surface area contributed by atoms with E-state index >= 15 is 0 Å². The average Bonchev–Trinajstić information content (AvgIpc) is 4.16. The molecule has 0 radical (unpaired) electrons. The van der Waals surface area contributed by atoms with Crippen LogP contribution in [0.25, 0.3) is 0 Å². The van der Waals surface area contributed by atoms with Gasteiger partial charge in [0.1, 0.15) is 13.1 Å². The number of nitrogens with two attached hydrogens (primary N) is 1. The number of aromatic nitrogens is 2. The van der Waals surface area contributed by atoms with Crippen LogP contribution in [0, 0.1) is 0 Å². The van der Waals surface area contributed by atoms with E-state index in [2.05, 4.69) is 10.3 Å². The second-order valence-corrected chi connectivity index (χ2v) is 16.2. The van der Waals surface area contributed by atoms with Crippen molar-refractivity contribution in [1.82, 2.24) is 34.5 Å². The summed E-state index contributed by atoms with van der Waals surface area (Å²) in [6.45, 7) is 2.70. The molecule has 0 saturated carbocycles. The van der Waals surface area contributed by atoms with E-state index in [0.29, 0.717) is 83.7 Å². The first-order chi connectivity index (χ1) is 32.1. The van der Waals surface area contributed by atoms with E-state index in [1.54, 1.807) is 67.1 Å². The minimum Gasteiger partial charge on any atom is -0.454 e. The molecular formula is C47H58N8O11. The minimum atomic E-state index is -0.544. The molecule has 3 aromatic carbocycles. The SMILES string of the molecule is CCCC(=O)CN(Cc1ccc2c(c1)OCO2)C(=O)CN(Cc1ccc2c(c1)OCO2)C(=O)CN(Cc1ccc2c(c1)OCO2)C(=O)CN(CCCn1ccnc1)C(=O)CNCCCCN. The molecule has 3 aliphatic rings. The number of imidazole rings is 1. The largest absolute Gasteiger partial charge is 0.454 e. The van der Waals surface area contributed by atoms with Crippen molar-refractivity contribution >= 4 is 29.4 Å². The second kappa shape index (κ2) is 23.4. The molecule has 0 unspecified atom stereocenters. The lowest BCUT2D eigenvalue weighted by Gasteiger charge is -2.31.